The van der Waals surface area contributed by atoms with Gasteiger partial charge in [0.25, 0.3) is 0 Å². The van der Waals surface area contributed by atoms with Crippen molar-refractivity contribution in [3.63, 3.8) is 0 Å². The van der Waals surface area contributed by atoms with Crippen molar-refractivity contribution in [1.82, 2.24) is 4.90 Å². The summed E-state index contributed by atoms with van der Waals surface area (Å²) in [6.07, 6.45) is 8.89. The highest BCUT2D eigenvalue weighted by Gasteiger charge is 2.43. The van der Waals surface area contributed by atoms with Gasteiger partial charge in [-0.05, 0) is 39.5 Å². The van der Waals surface area contributed by atoms with Crippen LogP contribution in [-0.2, 0) is 4.79 Å². The second kappa shape index (κ2) is 6.15. The molecule has 3 heteroatoms. The molecule has 1 aliphatic carbocycles. The first-order valence-electron chi connectivity index (χ1n) is 8.80. The summed E-state index contributed by atoms with van der Waals surface area (Å²) >= 11 is 0. The predicted octanol–water partition coefficient (Wildman–Crippen LogP) is 1.28. The molecule has 0 aromatic carbocycles. The van der Waals surface area contributed by atoms with Crippen molar-refractivity contribution in [3.05, 3.63) is 0 Å². The fourth-order valence-corrected chi connectivity index (χ4v) is 4.81. The first-order chi connectivity index (χ1) is 9.66. The van der Waals surface area contributed by atoms with Crippen LogP contribution in [0.4, 0.5) is 0 Å². The van der Waals surface area contributed by atoms with E-state index in [-0.39, 0.29) is 0 Å². The molecule has 2 heterocycles. The van der Waals surface area contributed by atoms with Gasteiger partial charge < -0.3 is 4.90 Å². The molecule has 0 aromatic heterocycles. The number of hydrogen-bond acceptors (Lipinski definition) is 2. The molecule has 114 valence electrons. The molecule has 0 amide bonds. The SMILES string of the molecule is CC1CCC2C(C)[NH+](CC(=O)C3CCCCC3)CCN12. The highest BCUT2D eigenvalue weighted by Crippen LogP contribution is 2.27. The molecular weight excluding hydrogens is 248 g/mol. The van der Waals surface area contributed by atoms with Crippen LogP contribution in [0.1, 0.15) is 58.8 Å². The summed E-state index contributed by atoms with van der Waals surface area (Å²) in [5, 5.41) is 0. The van der Waals surface area contributed by atoms with Crippen molar-refractivity contribution in [2.45, 2.75) is 76.9 Å². The van der Waals surface area contributed by atoms with Gasteiger partial charge in [0.05, 0.1) is 12.6 Å². The van der Waals surface area contributed by atoms with Gasteiger partial charge >= 0.3 is 0 Å². The Hall–Kier alpha value is -0.410. The van der Waals surface area contributed by atoms with E-state index in [1.54, 1.807) is 4.90 Å². The number of hydrogen-bond donors (Lipinski definition) is 1. The van der Waals surface area contributed by atoms with E-state index in [2.05, 4.69) is 18.7 Å². The number of Topliss-reactive ketones (excluding diaryl/α,β-unsaturated/α-hetero) is 1. The van der Waals surface area contributed by atoms with Crippen LogP contribution in [0.25, 0.3) is 0 Å². The summed E-state index contributed by atoms with van der Waals surface area (Å²) < 4.78 is 0. The number of ketones is 1. The van der Waals surface area contributed by atoms with Crippen LogP contribution in [0.2, 0.25) is 0 Å². The minimum absolute atomic E-state index is 0.393. The second-order valence-corrected chi connectivity index (χ2v) is 7.41. The third-order valence-electron chi connectivity index (χ3n) is 6.25. The standard InChI is InChI=1S/C17H30N2O/c1-13-8-9-16-14(2)18(10-11-19(13)16)12-17(20)15-6-4-3-5-7-15/h13-16H,3-12H2,1-2H3/p+1. The van der Waals surface area contributed by atoms with Gasteiger partial charge in [-0.3, -0.25) is 9.69 Å². The minimum Gasteiger partial charge on any atom is -0.324 e. The smallest absolute Gasteiger partial charge is 0.189 e. The quantitative estimate of drug-likeness (QED) is 0.842. The van der Waals surface area contributed by atoms with E-state index in [1.165, 1.54) is 45.2 Å². The Morgan fingerprint density at radius 1 is 1.10 bits per heavy atom. The van der Waals surface area contributed by atoms with E-state index in [1.807, 2.05) is 0 Å². The van der Waals surface area contributed by atoms with E-state index in [4.69, 9.17) is 0 Å². The highest BCUT2D eigenvalue weighted by molar-refractivity contribution is 5.81. The molecule has 3 aliphatic rings. The lowest BCUT2D eigenvalue weighted by molar-refractivity contribution is -0.924. The monoisotopic (exact) mass is 279 g/mol. The summed E-state index contributed by atoms with van der Waals surface area (Å²) in [7, 11) is 0. The van der Waals surface area contributed by atoms with Crippen molar-refractivity contribution < 1.29 is 9.69 Å². The molecule has 0 aromatic rings. The molecular formula is C17H31N2O+. The fourth-order valence-electron chi connectivity index (χ4n) is 4.81. The first-order valence-corrected chi connectivity index (χ1v) is 8.80. The van der Waals surface area contributed by atoms with Crippen LogP contribution in [0, 0.1) is 5.92 Å². The van der Waals surface area contributed by atoms with Crippen molar-refractivity contribution in [3.8, 4) is 0 Å². The van der Waals surface area contributed by atoms with Crippen LogP contribution >= 0.6 is 0 Å². The van der Waals surface area contributed by atoms with Crippen LogP contribution < -0.4 is 4.90 Å². The molecule has 1 saturated carbocycles. The Morgan fingerprint density at radius 2 is 1.85 bits per heavy atom. The topological polar surface area (TPSA) is 24.8 Å². The van der Waals surface area contributed by atoms with Gasteiger partial charge in [0.15, 0.2) is 5.78 Å². The molecule has 2 aliphatic heterocycles. The molecule has 0 bridgehead atoms. The van der Waals surface area contributed by atoms with E-state index in [9.17, 15) is 4.79 Å². The fraction of sp³-hybridized carbons (Fsp3) is 0.941. The average molecular weight is 279 g/mol. The van der Waals surface area contributed by atoms with E-state index in [0.717, 1.165) is 31.5 Å². The van der Waals surface area contributed by atoms with Crippen molar-refractivity contribution in [2.24, 2.45) is 5.92 Å². The lowest BCUT2D eigenvalue weighted by Gasteiger charge is -2.42. The molecule has 4 atom stereocenters. The summed E-state index contributed by atoms with van der Waals surface area (Å²) in [4.78, 5) is 16.8. The Labute approximate surface area is 123 Å². The molecule has 3 fully saturated rings. The third-order valence-corrected chi connectivity index (χ3v) is 6.25. The molecule has 3 rings (SSSR count). The van der Waals surface area contributed by atoms with Crippen LogP contribution in [0.3, 0.4) is 0 Å². The normalized spacial score (nSPS) is 39.7. The van der Waals surface area contributed by atoms with Gasteiger partial charge in [-0.2, -0.15) is 0 Å². The number of carbonyl (C=O) groups excluding carboxylic acids is 1. The zero-order valence-corrected chi connectivity index (χ0v) is 13.2. The molecule has 0 spiro atoms. The summed E-state index contributed by atoms with van der Waals surface area (Å²) in [6.45, 7) is 7.90. The number of piperazine rings is 1. The van der Waals surface area contributed by atoms with Crippen LogP contribution in [0.15, 0.2) is 0 Å². The maximum atomic E-state index is 12.5. The largest absolute Gasteiger partial charge is 0.324 e. The zero-order chi connectivity index (χ0) is 14.1. The second-order valence-electron chi connectivity index (χ2n) is 7.41. The minimum atomic E-state index is 0.393. The predicted molar refractivity (Wildman–Crippen MR) is 80.9 cm³/mol. The van der Waals surface area contributed by atoms with Gasteiger partial charge in [0.1, 0.15) is 12.6 Å². The third kappa shape index (κ3) is 2.80. The Balaban J connectivity index is 1.56. The lowest BCUT2D eigenvalue weighted by atomic mass is 9.86. The lowest BCUT2D eigenvalue weighted by Crippen LogP contribution is -3.19. The summed E-state index contributed by atoms with van der Waals surface area (Å²) in [6, 6.07) is 2.13. The number of nitrogens with one attached hydrogen (secondary N) is 1. The van der Waals surface area contributed by atoms with Gasteiger partial charge in [-0.15, -0.1) is 0 Å². The molecule has 2 saturated heterocycles. The molecule has 0 radical (unpaired) electrons. The number of carbonyl (C=O) groups is 1. The molecule has 3 nitrogen and oxygen atoms in total. The first kappa shape index (κ1) is 14.5. The number of quaternary nitrogens is 1. The van der Waals surface area contributed by atoms with Gasteiger partial charge in [-0.25, -0.2) is 0 Å². The summed E-state index contributed by atoms with van der Waals surface area (Å²) in [5.41, 5.74) is 0. The van der Waals surface area contributed by atoms with Crippen molar-refractivity contribution in [2.75, 3.05) is 19.6 Å². The molecule has 1 N–H and O–H groups in total. The van der Waals surface area contributed by atoms with Gasteiger partial charge in [0.2, 0.25) is 0 Å². The number of rotatable bonds is 3. The van der Waals surface area contributed by atoms with Gasteiger partial charge in [0, 0.05) is 18.5 Å². The van der Waals surface area contributed by atoms with Gasteiger partial charge in [-0.1, -0.05) is 19.3 Å². The van der Waals surface area contributed by atoms with Crippen molar-refractivity contribution >= 4 is 5.78 Å². The van der Waals surface area contributed by atoms with Crippen LogP contribution in [0.5, 0.6) is 0 Å². The van der Waals surface area contributed by atoms with E-state index in [0.29, 0.717) is 17.7 Å². The molecule has 20 heavy (non-hydrogen) atoms. The number of fused-ring (bicyclic) bond motifs is 1. The maximum Gasteiger partial charge on any atom is 0.189 e. The van der Waals surface area contributed by atoms with E-state index >= 15 is 0 Å². The maximum absolute atomic E-state index is 12.5. The van der Waals surface area contributed by atoms with Crippen molar-refractivity contribution in [1.29, 1.82) is 0 Å². The Kier molecular flexibility index (Phi) is 4.46. The zero-order valence-electron chi connectivity index (χ0n) is 13.2. The summed E-state index contributed by atoms with van der Waals surface area (Å²) in [5.74, 6) is 0.954. The Morgan fingerprint density at radius 3 is 2.60 bits per heavy atom. The molecule has 4 unspecified atom stereocenters. The average Bonchev–Trinajstić information content (AvgIpc) is 2.85. The Bertz CT molecular complexity index is 351. The van der Waals surface area contributed by atoms with E-state index < -0.39 is 0 Å². The highest BCUT2D eigenvalue weighted by atomic mass is 16.1. The van der Waals surface area contributed by atoms with Crippen LogP contribution in [-0.4, -0.2) is 48.4 Å². The number of nitrogens with zero attached hydrogens (tertiary/aromatic N) is 1.